The normalized spacial score (nSPS) is 14.0. The maximum atomic E-state index is 11.6. The van der Waals surface area contributed by atoms with Crippen LogP contribution in [-0.2, 0) is 18.4 Å². The molecular formula is C17H39NO4Si2. The molecule has 0 bridgehead atoms. The molecule has 2 atom stereocenters. The van der Waals surface area contributed by atoms with Gasteiger partial charge in [-0.1, -0.05) is 14.0 Å². The van der Waals surface area contributed by atoms with Gasteiger partial charge in [0.05, 0.1) is 6.61 Å². The van der Waals surface area contributed by atoms with Gasteiger partial charge in [0.2, 0.25) is 0 Å². The van der Waals surface area contributed by atoms with Crippen LogP contribution in [0.2, 0.25) is 32.2 Å². The minimum atomic E-state index is -1.40. The minimum absolute atomic E-state index is 0. The van der Waals surface area contributed by atoms with Crippen molar-refractivity contribution in [1.82, 2.24) is 4.90 Å². The molecule has 0 aliphatic carbocycles. The van der Waals surface area contributed by atoms with Crippen molar-refractivity contribution in [2.75, 3.05) is 33.9 Å². The van der Waals surface area contributed by atoms with E-state index in [1.807, 2.05) is 19.0 Å². The molecule has 0 radical (unpaired) electrons. The molecule has 0 heterocycles. The molecule has 0 aliphatic rings. The van der Waals surface area contributed by atoms with E-state index < -0.39 is 17.4 Å². The number of esters is 1. The highest BCUT2D eigenvalue weighted by atomic mass is 28.4. The van der Waals surface area contributed by atoms with Gasteiger partial charge in [-0.05, 0) is 59.7 Å². The van der Waals surface area contributed by atoms with Gasteiger partial charge in [0.1, 0.15) is 6.10 Å². The number of hydrogen-bond acceptors (Lipinski definition) is 5. The van der Waals surface area contributed by atoms with Crippen molar-refractivity contribution in [2.24, 2.45) is 0 Å². The number of carbonyl (C=O) groups excluding carboxylic acids is 1. The molecule has 0 aliphatic heterocycles. The fraction of sp³-hybridized carbons (Fsp3) is 0.824. The second-order valence-corrected chi connectivity index (χ2v) is 14.7. The molecule has 0 fully saturated rings. The maximum absolute atomic E-state index is 11.6. The highest BCUT2D eigenvalue weighted by Gasteiger charge is 2.19. The standard InChI is InChI=1S/C16H35NO4Si2.CH4/c1-14(2)16(18)20-15(12-17(3)4)13-19-10-9-11-22(5)21-23(6,7)8;/h15,22H,1,9-13H2,2-8H3;1H4. The third-order valence-electron chi connectivity index (χ3n) is 2.95. The van der Waals surface area contributed by atoms with Crippen LogP contribution in [0.1, 0.15) is 20.8 Å². The smallest absolute Gasteiger partial charge is 0.333 e. The Morgan fingerprint density at radius 3 is 2.33 bits per heavy atom. The molecule has 2 unspecified atom stereocenters. The van der Waals surface area contributed by atoms with Gasteiger partial charge in [-0.25, -0.2) is 4.79 Å². The zero-order valence-electron chi connectivity index (χ0n) is 16.0. The molecule has 0 N–H and O–H groups in total. The van der Waals surface area contributed by atoms with Gasteiger partial charge in [0.15, 0.2) is 17.4 Å². The second-order valence-electron chi connectivity index (χ2n) is 7.33. The Labute approximate surface area is 152 Å². The average molecular weight is 378 g/mol. The van der Waals surface area contributed by atoms with Crippen molar-refractivity contribution in [3.8, 4) is 0 Å². The van der Waals surface area contributed by atoms with Crippen LogP contribution in [0.4, 0.5) is 0 Å². The Balaban J connectivity index is 0. The molecule has 0 rings (SSSR count). The van der Waals surface area contributed by atoms with Crippen LogP contribution in [0.5, 0.6) is 0 Å². The lowest BCUT2D eigenvalue weighted by Crippen LogP contribution is -2.34. The first kappa shape index (κ1) is 25.8. The summed E-state index contributed by atoms with van der Waals surface area (Å²) in [5.41, 5.74) is 0.414. The zero-order valence-corrected chi connectivity index (χ0v) is 18.1. The summed E-state index contributed by atoms with van der Waals surface area (Å²) < 4.78 is 17.2. The lowest BCUT2D eigenvalue weighted by atomic mass is 10.3. The van der Waals surface area contributed by atoms with E-state index in [0.717, 1.165) is 12.5 Å². The summed E-state index contributed by atoms with van der Waals surface area (Å²) in [6.45, 7) is 16.0. The predicted molar refractivity (Wildman–Crippen MR) is 108 cm³/mol. The molecule has 0 spiro atoms. The molecule has 144 valence electrons. The summed E-state index contributed by atoms with van der Waals surface area (Å²) in [6.07, 6.45) is 0.739. The number of rotatable bonds is 12. The number of ether oxygens (including phenoxy) is 2. The number of nitrogens with zero attached hydrogens (tertiary/aromatic N) is 1. The van der Waals surface area contributed by atoms with Crippen molar-refractivity contribution in [1.29, 1.82) is 0 Å². The predicted octanol–water partition coefficient (Wildman–Crippen LogP) is 3.28. The highest BCUT2D eigenvalue weighted by Crippen LogP contribution is 2.09. The zero-order chi connectivity index (χ0) is 18.0. The molecule has 7 heteroatoms. The molecule has 24 heavy (non-hydrogen) atoms. The molecule has 0 amide bonds. The van der Waals surface area contributed by atoms with Gasteiger partial charge >= 0.3 is 5.97 Å². The van der Waals surface area contributed by atoms with E-state index in [1.54, 1.807) is 6.92 Å². The Morgan fingerprint density at radius 2 is 1.88 bits per heavy atom. The van der Waals surface area contributed by atoms with Crippen molar-refractivity contribution in [2.45, 2.75) is 59.1 Å². The molecule has 0 aromatic rings. The first-order valence-electron chi connectivity index (χ1n) is 8.28. The summed E-state index contributed by atoms with van der Waals surface area (Å²) >= 11 is 0. The van der Waals surface area contributed by atoms with Crippen LogP contribution in [-0.4, -0.2) is 68.2 Å². The Bertz CT molecular complexity index is 370. The first-order chi connectivity index (χ1) is 10.5. The van der Waals surface area contributed by atoms with Crippen LogP contribution < -0.4 is 0 Å². The van der Waals surface area contributed by atoms with E-state index in [2.05, 4.69) is 32.8 Å². The largest absolute Gasteiger partial charge is 0.458 e. The van der Waals surface area contributed by atoms with Crippen LogP contribution in [0.15, 0.2) is 12.2 Å². The van der Waals surface area contributed by atoms with Crippen molar-refractivity contribution in [3.05, 3.63) is 12.2 Å². The SMILES string of the molecule is C.C=C(C)C(=O)OC(COCCC[SiH](C)O[Si](C)(C)C)CN(C)C. The van der Waals surface area contributed by atoms with E-state index in [4.69, 9.17) is 13.6 Å². The Morgan fingerprint density at radius 1 is 1.29 bits per heavy atom. The van der Waals surface area contributed by atoms with E-state index >= 15 is 0 Å². The van der Waals surface area contributed by atoms with Crippen LogP contribution in [0, 0.1) is 0 Å². The lowest BCUT2D eigenvalue weighted by Gasteiger charge is -2.23. The second kappa shape index (κ2) is 12.8. The summed E-state index contributed by atoms with van der Waals surface area (Å²) in [6, 6.07) is 1.12. The monoisotopic (exact) mass is 377 g/mol. The Kier molecular flexibility index (Phi) is 13.8. The van der Waals surface area contributed by atoms with Crippen molar-refractivity contribution < 1.29 is 18.4 Å². The molecule has 0 aromatic heterocycles. The molecular weight excluding hydrogens is 338 g/mol. The molecule has 0 saturated heterocycles. The van der Waals surface area contributed by atoms with Crippen molar-refractivity contribution in [3.63, 3.8) is 0 Å². The molecule has 0 saturated carbocycles. The maximum Gasteiger partial charge on any atom is 0.333 e. The van der Waals surface area contributed by atoms with E-state index in [0.29, 0.717) is 25.3 Å². The van der Waals surface area contributed by atoms with Gasteiger partial charge in [-0.2, -0.15) is 0 Å². The topological polar surface area (TPSA) is 48.0 Å². The highest BCUT2D eigenvalue weighted by molar-refractivity contribution is 6.77. The number of likely N-dealkylation sites (N-methyl/N-ethyl adjacent to an activating group) is 1. The third kappa shape index (κ3) is 15.1. The third-order valence-corrected chi connectivity index (χ3v) is 8.61. The van der Waals surface area contributed by atoms with Crippen LogP contribution in [0.3, 0.4) is 0 Å². The van der Waals surface area contributed by atoms with Crippen LogP contribution >= 0.6 is 0 Å². The summed E-state index contributed by atoms with van der Waals surface area (Å²) in [4.78, 5) is 13.6. The van der Waals surface area contributed by atoms with Gasteiger partial charge in [-0.3, -0.25) is 0 Å². The molecule has 5 nitrogen and oxygen atoms in total. The summed E-state index contributed by atoms with van der Waals surface area (Å²) in [7, 11) is 1.41. The quantitative estimate of drug-likeness (QED) is 0.226. The summed E-state index contributed by atoms with van der Waals surface area (Å²) in [5.74, 6) is -0.356. The van der Waals surface area contributed by atoms with E-state index in [-0.39, 0.29) is 19.5 Å². The molecule has 0 aromatic carbocycles. The van der Waals surface area contributed by atoms with Gasteiger partial charge in [0.25, 0.3) is 0 Å². The van der Waals surface area contributed by atoms with Crippen LogP contribution in [0.25, 0.3) is 0 Å². The lowest BCUT2D eigenvalue weighted by molar-refractivity contribution is -0.148. The van der Waals surface area contributed by atoms with E-state index in [1.165, 1.54) is 0 Å². The van der Waals surface area contributed by atoms with Gasteiger partial charge < -0.3 is 18.5 Å². The summed E-state index contributed by atoms with van der Waals surface area (Å²) in [5, 5.41) is 0. The van der Waals surface area contributed by atoms with Crippen molar-refractivity contribution >= 4 is 23.3 Å². The number of carbonyl (C=O) groups is 1. The minimum Gasteiger partial charge on any atom is -0.458 e. The number of hydrogen-bond donors (Lipinski definition) is 0. The average Bonchev–Trinajstić information content (AvgIpc) is 2.34. The fourth-order valence-electron chi connectivity index (χ4n) is 2.13. The fourth-order valence-corrected chi connectivity index (χ4v) is 8.17. The van der Waals surface area contributed by atoms with Gasteiger partial charge in [-0.15, -0.1) is 0 Å². The Hall–Kier alpha value is -0.476. The first-order valence-corrected chi connectivity index (χ1v) is 14.1. The van der Waals surface area contributed by atoms with Gasteiger partial charge in [0, 0.05) is 18.7 Å². The van der Waals surface area contributed by atoms with E-state index in [9.17, 15) is 4.79 Å².